The highest BCUT2D eigenvalue weighted by molar-refractivity contribution is 8.17. The van der Waals surface area contributed by atoms with Crippen molar-refractivity contribution in [3.8, 4) is 0 Å². The van der Waals surface area contributed by atoms with Gasteiger partial charge in [0.1, 0.15) is 0 Å². The molecule has 0 aliphatic rings. The van der Waals surface area contributed by atoms with Crippen LogP contribution in [0.4, 0.5) is 0 Å². The van der Waals surface area contributed by atoms with Gasteiger partial charge >= 0.3 is 0 Å². The highest BCUT2D eigenvalue weighted by atomic mass is 32.2. The van der Waals surface area contributed by atoms with Crippen LogP contribution in [0.3, 0.4) is 0 Å². The topological polar surface area (TPSA) is 0 Å². The Hall–Kier alpha value is -2.42. The molecule has 0 heterocycles. The lowest BCUT2D eigenvalue weighted by molar-refractivity contribution is 0.500. The van der Waals surface area contributed by atoms with Crippen molar-refractivity contribution < 1.29 is 0 Å². The van der Waals surface area contributed by atoms with Gasteiger partial charge in [-0.05, 0) is 60.6 Å². The van der Waals surface area contributed by atoms with E-state index in [0.29, 0.717) is 10.5 Å². The Kier molecular flexibility index (Phi) is 8.32. The Labute approximate surface area is 195 Å². The van der Waals surface area contributed by atoms with Gasteiger partial charge in [0, 0.05) is 9.79 Å². The third-order valence-corrected chi connectivity index (χ3v) is 7.86. The fourth-order valence-corrected chi connectivity index (χ4v) is 6.66. The van der Waals surface area contributed by atoms with E-state index in [0.717, 1.165) is 19.3 Å². The molecule has 0 aliphatic heterocycles. The van der Waals surface area contributed by atoms with Crippen LogP contribution >= 0.6 is 23.5 Å². The Morgan fingerprint density at radius 2 is 0.806 bits per heavy atom. The van der Waals surface area contributed by atoms with Crippen LogP contribution in [0.1, 0.15) is 17.5 Å². The van der Waals surface area contributed by atoms with Crippen molar-refractivity contribution in [1.82, 2.24) is 0 Å². The second kappa shape index (κ2) is 11.8. The maximum Gasteiger partial charge on any atom is 0.0599 e. The SMILES string of the molecule is c1ccc(CC(Cc2ccccc2)CC(Sc2ccccc2)Sc2ccccc2)cc1. The van der Waals surface area contributed by atoms with Crippen LogP contribution in [0, 0.1) is 5.92 Å². The van der Waals surface area contributed by atoms with Gasteiger partial charge in [-0.3, -0.25) is 0 Å². The molecule has 0 saturated heterocycles. The van der Waals surface area contributed by atoms with Crippen molar-refractivity contribution in [2.75, 3.05) is 0 Å². The van der Waals surface area contributed by atoms with E-state index in [9.17, 15) is 0 Å². The Morgan fingerprint density at radius 1 is 0.452 bits per heavy atom. The molecular weight excluding hydrogens is 412 g/mol. The average Bonchev–Trinajstić information content (AvgIpc) is 2.82. The summed E-state index contributed by atoms with van der Waals surface area (Å²) in [7, 11) is 0. The van der Waals surface area contributed by atoms with Gasteiger partial charge in [-0.25, -0.2) is 0 Å². The summed E-state index contributed by atoms with van der Waals surface area (Å²) in [5.41, 5.74) is 2.85. The highest BCUT2D eigenvalue weighted by Crippen LogP contribution is 2.40. The summed E-state index contributed by atoms with van der Waals surface area (Å²) in [5.74, 6) is 0.585. The van der Waals surface area contributed by atoms with Gasteiger partial charge < -0.3 is 0 Å². The molecule has 0 bridgehead atoms. The van der Waals surface area contributed by atoms with Gasteiger partial charge in [0.2, 0.25) is 0 Å². The molecule has 31 heavy (non-hydrogen) atoms. The Balaban J connectivity index is 1.55. The molecule has 0 fully saturated rings. The third-order valence-electron chi connectivity index (χ3n) is 5.28. The normalized spacial score (nSPS) is 11.2. The molecule has 0 amide bonds. The Morgan fingerprint density at radius 3 is 1.19 bits per heavy atom. The molecular formula is C29H28S2. The fourth-order valence-electron chi connectivity index (χ4n) is 3.83. The molecule has 0 nitrogen and oxygen atoms in total. The number of hydrogen-bond acceptors (Lipinski definition) is 2. The van der Waals surface area contributed by atoms with Crippen molar-refractivity contribution in [2.24, 2.45) is 5.92 Å². The van der Waals surface area contributed by atoms with E-state index in [2.05, 4.69) is 121 Å². The number of rotatable bonds is 10. The van der Waals surface area contributed by atoms with Crippen LogP contribution in [0.2, 0.25) is 0 Å². The van der Waals surface area contributed by atoms with E-state index < -0.39 is 0 Å². The van der Waals surface area contributed by atoms with Gasteiger partial charge in [-0.1, -0.05) is 97.1 Å². The van der Waals surface area contributed by atoms with Gasteiger partial charge in [-0.15, -0.1) is 23.5 Å². The van der Waals surface area contributed by atoms with E-state index in [-0.39, 0.29) is 0 Å². The fraction of sp³-hybridized carbons (Fsp3) is 0.172. The molecule has 0 aromatic heterocycles. The molecule has 4 aromatic rings. The maximum absolute atomic E-state index is 2.27. The summed E-state index contributed by atoms with van der Waals surface area (Å²) >= 11 is 3.99. The zero-order valence-electron chi connectivity index (χ0n) is 17.6. The minimum Gasteiger partial charge on any atom is -0.111 e. The first-order valence-corrected chi connectivity index (χ1v) is 12.6. The minimum absolute atomic E-state index is 0.460. The summed E-state index contributed by atoms with van der Waals surface area (Å²) < 4.78 is 0.460. The summed E-state index contributed by atoms with van der Waals surface area (Å²) in [5, 5.41) is 0. The second-order valence-corrected chi connectivity index (χ2v) is 10.6. The maximum atomic E-state index is 2.27. The lowest BCUT2D eigenvalue weighted by Gasteiger charge is -2.24. The molecule has 0 aliphatic carbocycles. The molecule has 0 N–H and O–H groups in total. The molecule has 0 spiro atoms. The first kappa shape index (κ1) is 21.8. The van der Waals surface area contributed by atoms with E-state index in [1.807, 2.05) is 23.5 Å². The van der Waals surface area contributed by atoms with E-state index in [1.165, 1.54) is 20.9 Å². The molecule has 4 aromatic carbocycles. The predicted octanol–water partition coefficient (Wildman–Crippen LogP) is 8.39. The summed E-state index contributed by atoms with van der Waals surface area (Å²) in [6.45, 7) is 0. The molecule has 0 unspecified atom stereocenters. The van der Waals surface area contributed by atoms with Crippen molar-refractivity contribution >= 4 is 23.5 Å². The van der Waals surface area contributed by atoms with Crippen LogP contribution in [0.15, 0.2) is 131 Å². The molecule has 0 radical (unpaired) electrons. The lowest BCUT2D eigenvalue weighted by Crippen LogP contribution is -2.14. The van der Waals surface area contributed by atoms with Crippen molar-refractivity contribution in [3.05, 3.63) is 132 Å². The first-order chi connectivity index (χ1) is 15.3. The van der Waals surface area contributed by atoms with Crippen molar-refractivity contribution in [2.45, 2.75) is 33.6 Å². The predicted molar refractivity (Wildman–Crippen MR) is 137 cm³/mol. The quantitative estimate of drug-likeness (QED) is 0.179. The minimum atomic E-state index is 0.460. The standard InChI is InChI=1S/C29H28S2/c1-5-13-24(14-6-1)21-26(22-25-15-7-2-8-16-25)23-29(30-27-17-9-3-10-18-27)31-28-19-11-4-12-20-28/h1-20,26,29H,21-23H2. The second-order valence-electron chi connectivity index (χ2n) is 7.77. The molecule has 4 rings (SSSR count). The summed E-state index contributed by atoms with van der Waals surface area (Å²) in [4.78, 5) is 2.68. The van der Waals surface area contributed by atoms with Crippen molar-refractivity contribution in [1.29, 1.82) is 0 Å². The van der Waals surface area contributed by atoms with E-state index >= 15 is 0 Å². The van der Waals surface area contributed by atoms with Gasteiger partial charge in [0.05, 0.1) is 4.58 Å². The zero-order valence-corrected chi connectivity index (χ0v) is 19.3. The zero-order chi connectivity index (χ0) is 21.1. The smallest absolute Gasteiger partial charge is 0.0599 e. The van der Waals surface area contributed by atoms with Crippen LogP contribution < -0.4 is 0 Å². The number of hydrogen-bond donors (Lipinski definition) is 0. The monoisotopic (exact) mass is 440 g/mol. The highest BCUT2D eigenvalue weighted by Gasteiger charge is 2.20. The van der Waals surface area contributed by atoms with Crippen LogP contribution in [0.5, 0.6) is 0 Å². The van der Waals surface area contributed by atoms with Crippen molar-refractivity contribution in [3.63, 3.8) is 0 Å². The van der Waals surface area contributed by atoms with Gasteiger partial charge in [0.25, 0.3) is 0 Å². The number of thioether (sulfide) groups is 2. The van der Waals surface area contributed by atoms with Crippen LogP contribution in [-0.4, -0.2) is 4.58 Å². The average molecular weight is 441 g/mol. The largest absolute Gasteiger partial charge is 0.111 e. The molecule has 0 saturated carbocycles. The van der Waals surface area contributed by atoms with Crippen LogP contribution in [0.25, 0.3) is 0 Å². The van der Waals surface area contributed by atoms with Gasteiger partial charge in [0.15, 0.2) is 0 Å². The van der Waals surface area contributed by atoms with E-state index in [4.69, 9.17) is 0 Å². The van der Waals surface area contributed by atoms with E-state index in [1.54, 1.807) is 0 Å². The molecule has 2 heteroatoms. The lowest BCUT2D eigenvalue weighted by atomic mass is 9.90. The Bertz CT molecular complexity index is 834. The van der Waals surface area contributed by atoms with Crippen LogP contribution in [-0.2, 0) is 12.8 Å². The number of benzene rings is 4. The third kappa shape index (κ3) is 7.34. The first-order valence-electron chi connectivity index (χ1n) is 10.9. The van der Waals surface area contributed by atoms with Gasteiger partial charge in [-0.2, -0.15) is 0 Å². The summed E-state index contributed by atoms with van der Waals surface area (Å²) in [6, 6.07) is 43.6. The molecule has 0 atom stereocenters. The summed E-state index contributed by atoms with van der Waals surface area (Å²) in [6.07, 6.45) is 3.37. The molecule has 156 valence electrons.